The molecule has 0 bridgehead atoms. The van der Waals surface area contributed by atoms with Crippen molar-refractivity contribution in [3.63, 3.8) is 0 Å². The molecular weight excluding hydrogens is 657 g/mol. The summed E-state index contributed by atoms with van der Waals surface area (Å²) < 4.78 is 6.22. The molecule has 20 atom stereocenters. The van der Waals surface area contributed by atoms with Crippen LogP contribution < -0.4 is 0 Å². The zero-order chi connectivity index (χ0) is 36.4. The van der Waals surface area contributed by atoms with E-state index in [1.54, 1.807) is 0 Å². The van der Waals surface area contributed by atoms with Crippen molar-refractivity contribution in [3.05, 3.63) is 23.3 Å². The first-order chi connectivity index (χ1) is 25.2. The second kappa shape index (κ2) is 10.0. The van der Waals surface area contributed by atoms with Gasteiger partial charge in [0, 0.05) is 30.6 Å². The standard InChI is InChI=1S/C24H30O3.C24H34O2/c1-22-6-3-12(25)9-17(22)13-10-14(13)20-16(22)4-7-23(2)21(20)15-11-18(15)24(23)8-5-19(26)27-24;1-4-7-24(26)19-12-16(19)21-20-15-11-14(15)18-10-13(25)5-8-22(18,2)17(20)6-9-23(21,24)3/h9,13-16,18,20-21H,3-8,10-11H2,1-2H3;10,14-17,19-21,26H,4-9,11-12H2,1-3H3/t13-,14?,15-,16?,18?,20?,21?,22-,23+,24+;14-,15?,16-,17?,19?,20?,21?,22-,23+,24+/m11/s1. The van der Waals surface area contributed by atoms with Crippen molar-refractivity contribution in [2.75, 3.05) is 0 Å². The SMILES string of the molecule is CCC[C@]1(O)C2C[C@H]2C2C3C4C[C@H]4C4=CC(=O)CC[C@]4(C)C3CC[C@@]21C.C[C@]12CCC(=O)C=C1[C@@H]1CC1C1C2CC[C@@]2(C)C1[C@@H]1CC1[C@@]21CCC(=O)O1. The van der Waals surface area contributed by atoms with Crippen LogP contribution in [0.4, 0.5) is 0 Å². The lowest BCUT2D eigenvalue weighted by Crippen LogP contribution is -2.57. The molecule has 1 aliphatic heterocycles. The van der Waals surface area contributed by atoms with Crippen molar-refractivity contribution in [3.8, 4) is 0 Å². The van der Waals surface area contributed by atoms with Crippen LogP contribution >= 0.6 is 0 Å². The fourth-order valence-electron chi connectivity index (χ4n) is 19.1. The quantitative estimate of drug-likeness (QED) is 0.288. The van der Waals surface area contributed by atoms with E-state index in [1.165, 1.54) is 62.5 Å². The summed E-state index contributed by atoms with van der Waals surface area (Å²) in [6, 6.07) is 0. The van der Waals surface area contributed by atoms with Crippen LogP contribution in [0.5, 0.6) is 0 Å². The molecule has 0 radical (unpaired) electrons. The summed E-state index contributed by atoms with van der Waals surface area (Å²) in [4.78, 5) is 36.4. The van der Waals surface area contributed by atoms with Gasteiger partial charge >= 0.3 is 5.97 Å². The van der Waals surface area contributed by atoms with E-state index in [2.05, 4.69) is 46.8 Å². The van der Waals surface area contributed by atoms with Gasteiger partial charge < -0.3 is 9.84 Å². The van der Waals surface area contributed by atoms with Gasteiger partial charge in [0.05, 0.1) is 5.60 Å². The minimum atomic E-state index is -0.397. The largest absolute Gasteiger partial charge is 0.458 e. The Kier molecular flexibility index (Phi) is 6.32. The van der Waals surface area contributed by atoms with Crippen LogP contribution in [0.1, 0.15) is 137 Å². The maximum atomic E-state index is 12.2. The first kappa shape index (κ1) is 33.4. The molecule has 12 aliphatic carbocycles. The number of ether oxygens (including phenoxy) is 1. The summed E-state index contributed by atoms with van der Waals surface area (Å²) in [5.41, 5.74) is 3.41. The highest BCUT2D eigenvalue weighted by molar-refractivity contribution is 5.92. The molecular formula is C48H64O5. The molecule has 0 aromatic rings. The molecule has 13 rings (SSSR count). The van der Waals surface area contributed by atoms with Gasteiger partial charge in [0.25, 0.3) is 0 Å². The van der Waals surface area contributed by atoms with E-state index < -0.39 is 5.60 Å². The summed E-state index contributed by atoms with van der Waals surface area (Å²) in [6.45, 7) is 12.2. The van der Waals surface area contributed by atoms with E-state index in [0.717, 1.165) is 104 Å². The number of allylic oxidation sites excluding steroid dienone is 2. The van der Waals surface area contributed by atoms with Gasteiger partial charge in [0.2, 0.25) is 0 Å². The van der Waals surface area contributed by atoms with Crippen LogP contribution in [0.2, 0.25) is 0 Å². The Balaban J connectivity index is 0.000000119. The molecule has 0 amide bonds. The van der Waals surface area contributed by atoms with E-state index in [-0.39, 0.29) is 33.2 Å². The second-order valence-corrected chi connectivity index (χ2v) is 22.9. The van der Waals surface area contributed by atoms with Crippen molar-refractivity contribution in [1.82, 2.24) is 0 Å². The summed E-state index contributed by atoms with van der Waals surface area (Å²) in [7, 11) is 0. The molecule has 286 valence electrons. The van der Waals surface area contributed by atoms with Gasteiger partial charge in [-0.2, -0.15) is 0 Å². The van der Waals surface area contributed by atoms with E-state index in [1.807, 2.05) is 0 Å². The highest BCUT2D eigenvalue weighted by Gasteiger charge is 2.82. The number of carbonyl (C=O) groups excluding carboxylic acids is 3. The Bertz CT molecular complexity index is 1810. The molecule has 5 nitrogen and oxygen atoms in total. The zero-order valence-electron chi connectivity index (χ0n) is 33.1. The van der Waals surface area contributed by atoms with Gasteiger partial charge in [0.15, 0.2) is 11.6 Å². The van der Waals surface area contributed by atoms with Gasteiger partial charge in [0.1, 0.15) is 5.60 Å². The van der Waals surface area contributed by atoms with Crippen LogP contribution in [-0.2, 0) is 19.1 Å². The summed E-state index contributed by atoms with van der Waals surface area (Å²) in [5.74, 6) is 11.3. The van der Waals surface area contributed by atoms with Crippen LogP contribution in [0.25, 0.3) is 0 Å². The Morgan fingerprint density at radius 2 is 1.17 bits per heavy atom. The smallest absolute Gasteiger partial charge is 0.306 e. The highest BCUT2D eigenvalue weighted by Crippen LogP contribution is 2.83. The third-order valence-electron chi connectivity index (χ3n) is 21.4. The van der Waals surface area contributed by atoms with Crippen LogP contribution in [0.3, 0.4) is 0 Å². The maximum absolute atomic E-state index is 12.2. The number of esters is 1. The van der Waals surface area contributed by atoms with Crippen LogP contribution in [-0.4, -0.2) is 33.8 Å². The predicted octanol–water partition coefficient (Wildman–Crippen LogP) is 9.07. The zero-order valence-corrected chi connectivity index (χ0v) is 33.1. The normalized spacial score (nSPS) is 61.8. The minimum absolute atomic E-state index is 0.0561. The monoisotopic (exact) mass is 720 g/mol. The van der Waals surface area contributed by atoms with Gasteiger partial charge in [-0.05, 0) is 182 Å². The molecule has 1 spiro atoms. The third kappa shape index (κ3) is 3.81. The fraction of sp³-hybridized carbons (Fsp3) is 0.854. The number of hydrogen-bond donors (Lipinski definition) is 1. The molecule has 10 saturated carbocycles. The minimum Gasteiger partial charge on any atom is -0.458 e. The molecule has 1 heterocycles. The maximum Gasteiger partial charge on any atom is 0.306 e. The molecule has 0 aromatic carbocycles. The van der Waals surface area contributed by atoms with Gasteiger partial charge in [-0.1, -0.05) is 52.2 Å². The number of hydrogen-bond acceptors (Lipinski definition) is 5. The lowest BCUT2D eigenvalue weighted by atomic mass is 9.45. The topological polar surface area (TPSA) is 80.7 Å². The fourth-order valence-corrected chi connectivity index (χ4v) is 19.1. The molecule has 5 heteroatoms. The van der Waals surface area contributed by atoms with Gasteiger partial charge in [-0.15, -0.1) is 0 Å². The summed E-state index contributed by atoms with van der Waals surface area (Å²) in [6.07, 6.45) is 21.7. The number of aliphatic hydroxyl groups is 1. The Morgan fingerprint density at radius 3 is 1.72 bits per heavy atom. The van der Waals surface area contributed by atoms with E-state index in [4.69, 9.17) is 4.74 Å². The Labute approximate surface area is 317 Å². The Hall–Kier alpha value is -1.75. The average Bonchev–Trinajstić information content (AvgIpc) is 3.95. The first-order valence-electron chi connectivity index (χ1n) is 22.7. The van der Waals surface area contributed by atoms with Crippen molar-refractivity contribution in [2.24, 2.45) is 105 Å². The number of rotatable bonds is 2. The lowest BCUT2D eigenvalue weighted by molar-refractivity contribution is -0.177. The molecule has 1 N–H and O–H groups in total. The van der Waals surface area contributed by atoms with E-state index in [9.17, 15) is 19.5 Å². The van der Waals surface area contributed by atoms with Crippen LogP contribution in [0.15, 0.2) is 23.3 Å². The molecule has 0 aromatic heterocycles. The molecule has 13 aliphatic rings. The van der Waals surface area contributed by atoms with Crippen molar-refractivity contribution in [1.29, 1.82) is 0 Å². The summed E-state index contributed by atoms with van der Waals surface area (Å²) >= 11 is 0. The number of fused-ring (bicyclic) bond motifs is 22. The first-order valence-corrected chi connectivity index (χ1v) is 22.7. The number of carbonyl (C=O) groups is 3. The lowest BCUT2D eigenvalue weighted by Gasteiger charge is -2.60. The van der Waals surface area contributed by atoms with Gasteiger partial charge in [-0.25, -0.2) is 0 Å². The highest BCUT2D eigenvalue weighted by atomic mass is 16.6. The van der Waals surface area contributed by atoms with E-state index >= 15 is 0 Å². The van der Waals surface area contributed by atoms with Crippen molar-refractivity contribution < 1.29 is 24.2 Å². The molecule has 10 unspecified atom stereocenters. The van der Waals surface area contributed by atoms with Gasteiger partial charge in [-0.3, -0.25) is 14.4 Å². The van der Waals surface area contributed by atoms with Crippen molar-refractivity contribution >= 4 is 17.5 Å². The third-order valence-corrected chi connectivity index (χ3v) is 21.4. The Morgan fingerprint density at radius 1 is 0.642 bits per heavy atom. The van der Waals surface area contributed by atoms with Crippen LogP contribution in [0, 0.1) is 105 Å². The summed E-state index contributed by atoms with van der Waals surface area (Å²) in [5, 5.41) is 11.8. The molecule has 1 saturated heterocycles. The second-order valence-electron chi connectivity index (χ2n) is 22.9. The predicted molar refractivity (Wildman–Crippen MR) is 201 cm³/mol. The van der Waals surface area contributed by atoms with Crippen molar-refractivity contribution in [2.45, 2.75) is 149 Å². The number of ketones is 2. The average molecular weight is 721 g/mol. The molecule has 53 heavy (non-hydrogen) atoms. The van der Waals surface area contributed by atoms with E-state index in [0.29, 0.717) is 41.7 Å². The molecule has 11 fully saturated rings.